The normalized spacial score (nSPS) is 22.6. The number of hydrogen-bond donors (Lipinski definition) is 4. The summed E-state index contributed by atoms with van der Waals surface area (Å²) >= 11 is 0. The van der Waals surface area contributed by atoms with Crippen LogP contribution in [0.1, 0.15) is 24.8 Å². The van der Waals surface area contributed by atoms with Gasteiger partial charge < -0.3 is 15.8 Å². The molecule has 1 saturated heterocycles. The Hall–Kier alpha value is -2.46. The van der Waals surface area contributed by atoms with E-state index in [4.69, 9.17) is 15.9 Å². The van der Waals surface area contributed by atoms with E-state index in [9.17, 15) is 13.2 Å². The van der Waals surface area contributed by atoms with E-state index in [1.54, 1.807) is 0 Å². The van der Waals surface area contributed by atoms with Gasteiger partial charge in [-0.25, -0.2) is 8.42 Å². The molecule has 1 aliphatic carbocycles. The van der Waals surface area contributed by atoms with Gasteiger partial charge in [-0.3, -0.25) is 19.9 Å². The largest absolute Gasteiger partial charge is 0.494 e. The fourth-order valence-corrected chi connectivity index (χ4v) is 3.97. The van der Waals surface area contributed by atoms with Crippen LogP contribution in [0.5, 0.6) is 5.75 Å². The van der Waals surface area contributed by atoms with E-state index < -0.39 is 26.9 Å². The second-order valence-electron chi connectivity index (χ2n) is 6.58. The molecule has 10 heteroatoms. The third-order valence-electron chi connectivity index (χ3n) is 4.24. The van der Waals surface area contributed by atoms with Gasteiger partial charge in [-0.1, -0.05) is 12.1 Å². The lowest BCUT2D eigenvalue weighted by molar-refractivity contribution is -0.116. The van der Waals surface area contributed by atoms with Crippen molar-refractivity contribution in [3.8, 4) is 5.75 Å². The molecule has 2 aliphatic rings. The highest BCUT2D eigenvalue weighted by molar-refractivity contribution is 7.93. The van der Waals surface area contributed by atoms with Crippen molar-refractivity contribution in [2.24, 2.45) is 10.7 Å². The summed E-state index contributed by atoms with van der Waals surface area (Å²) in [5, 5.41) is 9.52. The van der Waals surface area contributed by atoms with E-state index in [2.05, 4.69) is 15.0 Å². The molecule has 1 aliphatic heterocycles. The van der Waals surface area contributed by atoms with Crippen LogP contribution in [0, 0.1) is 5.41 Å². The molecule has 0 spiro atoms. The van der Waals surface area contributed by atoms with Gasteiger partial charge in [0.1, 0.15) is 11.5 Å². The maximum atomic E-state index is 11.8. The summed E-state index contributed by atoms with van der Waals surface area (Å²) in [6.07, 6.45) is 3.02. The minimum atomic E-state index is -4.00. The number of amidine groups is 1. The average Bonchev–Trinajstić information content (AvgIpc) is 3.39. The lowest BCUT2D eigenvalue weighted by Gasteiger charge is -2.08. The van der Waals surface area contributed by atoms with Crippen LogP contribution in [0.15, 0.2) is 29.3 Å². The monoisotopic (exact) mass is 393 g/mol. The molecule has 0 radical (unpaired) electrons. The Morgan fingerprint density at radius 1 is 1.41 bits per heavy atom. The molecule has 0 aromatic heterocycles. The molecular formula is C17H23N5O4S. The van der Waals surface area contributed by atoms with Crippen molar-refractivity contribution in [1.29, 1.82) is 5.41 Å². The number of rotatable bonds is 9. The predicted molar refractivity (Wildman–Crippen MR) is 101 cm³/mol. The number of nitrogens with two attached hydrogens (primary N) is 1. The maximum Gasteiger partial charge on any atom is 0.251 e. The van der Waals surface area contributed by atoms with Crippen LogP contribution >= 0.6 is 0 Å². The highest BCUT2D eigenvalue weighted by atomic mass is 32.2. The molecule has 1 saturated carbocycles. The molecule has 27 heavy (non-hydrogen) atoms. The molecule has 3 rings (SSSR count). The number of ether oxygens (including phenoxy) is 1. The Balaban J connectivity index is 1.45. The first kappa shape index (κ1) is 19.3. The summed E-state index contributed by atoms with van der Waals surface area (Å²) in [5.41, 5.74) is 5.78. The number of amides is 1. The molecule has 1 atom stereocenters. The number of sulfonamides is 1. The van der Waals surface area contributed by atoms with Crippen LogP contribution in [0.2, 0.25) is 0 Å². The van der Waals surface area contributed by atoms with Gasteiger partial charge >= 0.3 is 0 Å². The quantitative estimate of drug-likeness (QED) is 0.433. The predicted octanol–water partition coefficient (Wildman–Crippen LogP) is -0.0873. The third-order valence-corrected chi connectivity index (χ3v) is 5.80. The Kier molecular flexibility index (Phi) is 5.76. The van der Waals surface area contributed by atoms with Gasteiger partial charge in [-0.2, -0.15) is 0 Å². The zero-order valence-corrected chi connectivity index (χ0v) is 15.6. The standard InChI is InChI=1S/C17H23N5O4S/c18-14-15(16(19)23)27(24,25)22-17(14)20-7-2-8-26-13-4-1-3-11(9-13)10-21-12-5-6-12/h1,3-4,9,12,15,18,21H,2,5-8,10H2,(H2,19,23)(H,20,22). The van der Waals surface area contributed by atoms with E-state index in [1.165, 1.54) is 12.8 Å². The van der Waals surface area contributed by atoms with E-state index in [-0.39, 0.29) is 12.4 Å². The minimum absolute atomic E-state index is 0.132. The minimum Gasteiger partial charge on any atom is -0.494 e. The molecule has 1 aromatic carbocycles. The fraction of sp³-hybridized carbons (Fsp3) is 0.471. The van der Waals surface area contributed by atoms with Crippen molar-refractivity contribution in [1.82, 2.24) is 10.0 Å². The lowest BCUT2D eigenvalue weighted by Crippen LogP contribution is -2.38. The smallest absolute Gasteiger partial charge is 0.251 e. The molecule has 0 bridgehead atoms. The number of nitrogens with one attached hydrogen (secondary N) is 3. The number of carbonyl (C=O) groups excluding carboxylic acids is 1. The topological polar surface area (TPSA) is 147 Å². The first-order chi connectivity index (χ1) is 12.9. The number of aliphatic imine (C=N–C) groups is 1. The van der Waals surface area contributed by atoms with Crippen molar-refractivity contribution in [3.63, 3.8) is 0 Å². The molecule has 1 amide bonds. The van der Waals surface area contributed by atoms with Gasteiger partial charge in [0.15, 0.2) is 5.84 Å². The summed E-state index contributed by atoms with van der Waals surface area (Å²) in [7, 11) is -4.00. The summed E-state index contributed by atoms with van der Waals surface area (Å²) in [6.45, 7) is 1.48. The van der Waals surface area contributed by atoms with E-state index in [0.29, 0.717) is 19.1 Å². The van der Waals surface area contributed by atoms with Gasteiger partial charge in [0, 0.05) is 25.6 Å². The Morgan fingerprint density at radius 2 is 2.19 bits per heavy atom. The molecule has 1 aromatic rings. The second-order valence-corrected chi connectivity index (χ2v) is 8.34. The first-order valence-electron chi connectivity index (χ1n) is 8.76. The average molecular weight is 393 g/mol. The van der Waals surface area contributed by atoms with Crippen molar-refractivity contribution >= 4 is 27.5 Å². The van der Waals surface area contributed by atoms with Crippen LogP contribution in [-0.2, 0) is 21.4 Å². The first-order valence-corrected chi connectivity index (χ1v) is 10.3. The molecule has 5 N–H and O–H groups in total. The fourth-order valence-electron chi connectivity index (χ4n) is 2.68. The maximum absolute atomic E-state index is 11.8. The van der Waals surface area contributed by atoms with E-state index >= 15 is 0 Å². The summed E-state index contributed by atoms with van der Waals surface area (Å²) in [6, 6.07) is 8.50. The third kappa shape index (κ3) is 5.04. The van der Waals surface area contributed by atoms with Gasteiger partial charge in [0.05, 0.1) is 6.61 Å². The van der Waals surface area contributed by atoms with Crippen LogP contribution in [0.25, 0.3) is 0 Å². The van der Waals surface area contributed by atoms with Gasteiger partial charge in [0.25, 0.3) is 10.0 Å². The summed E-state index contributed by atoms with van der Waals surface area (Å²) in [5.74, 6) is -0.454. The number of benzene rings is 1. The van der Waals surface area contributed by atoms with Gasteiger partial charge in [-0.15, -0.1) is 0 Å². The number of hydrogen-bond acceptors (Lipinski definition) is 7. The van der Waals surface area contributed by atoms with Crippen LogP contribution in [0.3, 0.4) is 0 Å². The Labute approximate surface area is 157 Å². The van der Waals surface area contributed by atoms with E-state index in [0.717, 1.165) is 17.9 Å². The van der Waals surface area contributed by atoms with E-state index in [1.807, 2.05) is 24.3 Å². The van der Waals surface area contributed by atoms with Crippen molar-refractivity contribution in [3.05, 3.63) is 29.8 Å². The van der Waals surface area contributed by atoms with Crippen LogP contribution < -0.4 is 20.5 Å². The number of primary amides is 1. The van der Waals surface area contributed by atoms with Crippen LogP contribution in [0.4, 0.5) is 0 Å². The number of nitrogens with zero attached hydrogens (tertiary/aromatic N) is 1. The van der Waals surface area contributed by atoms with Gasteiger partial charge in [-0.05, 0) is 30.5 Å². The Morgan fingerprint density at radius 3 is 2.85 bits per heavy atom. The van der Waals surface area contributed by atoms with Crippen molar-refractivity contribution in [2.45, 2.75) is 37.1 Å². The summed E-state index contributed by atoms with van der Waals surface area (Å²) in [4.78, 5) is 15.2. The molecule has 2 fully saturated rings. The molecule has 146 valence electrons. The lowest BCUT2D eigenvalue weighted by atomic mass is 10.2. The van der Waals surface area contributed by atoms with Crippen LogP contribution in [-0.4, -0.2) is 50.3 Å². The Bertz CT molecular complexity index is 864. The zero-order chi connectivity index (χ0) is 19.4. The molecule has 9 nitrogen and oxygen atoms in total. The highest BCUT2D eigenvalue weighted by Gasteiger charge is 2.44. The highest BCUT2D eigenvalue weighted by Crippen LogP contribution is 2.20. The van der Waals surface area contributed by atoms with Crippen molar-refractivity contribution < 1.29 is 17.9 Å². The van der Waals surface area contributed by atoms with Crippen molar-refractivity contribution in [2.75, 3.05) is 13.2 Å². The molecule has 1 heterocycles. The summed E-state index contributed by atoms with van der Waals surface area (Å²) < 4.78 is 31.3. The molecule has 1 unspecified atom stereocenters. The zero-order valence-electron chi connectivity index (χ0n) is 14.8. The second kappa shape index (κ2) is 8.05. The van der Waals surface area contributed by atoms with Gasteiger partial charge in [0.2, 0.25) is 11.2 Å². The number of carbonyl (C=O) groups is 1. The SMILES string of the molecule is N=C1C(=NCCCOc2cccc(CNC3CC3)c2)NS(=O)(=O)C1C(N)=O. The molecular weight excluding hydrogens is 370 g/mol.